The second-order valence-electron chi connectivity index (χ2n) is 7.16. The van der Waals surface area contributed by atoms with Crippen LogP contribution in [0.15, 0.2) is 60.7 Å². The lowest BCUT2D eigenvalue weighted by molar-refractivity contribution is -0.133. The summed E-state index contributed by atoms with van der Waals surface area (Å²) < 4.78 is 5.87. The van der Waals surface area contributed by atoms with E-state index < -0.39 is 0 Å². The summed E-state index contributed by atoms with van der Waals surface area (Å²) in [6.45, 7) is 3.23. The molecule has 3 heteroatoms. The molecule has 0 spiro atoms. The lowest BCUT2D eigenvalue weighted by Crippen LogP contribution is -2.39. The van der Waals surface area contributed by atoms with Crippen LogP contribution in [0.3, 0.4) is 0 Å². The Morgan fingerprint density at radius 3 is 2.19 bits per heavy atom. The number of rotatable bonds is 8. The van der Waals surface area contributed by atoms with Crippen LogP contribution in [0.2, 0.25) is 0 Å². The minimum absolute atomic E-state index is 0.310. The Balaban J connectivity index is 1.29. The van der Waals surface area contributed by atoms with Gasteiger partial charge in [-0.1, -0.05) is 60.7 Å². The molecule has 2 aromatic rings. The van der Waals surface area contributed by atoms with Gasteiger partial charge in [-0.15, -0.1) is 0 Å². The van der Waals surface area contributed by atoms with Gasteiger partial charge < -0.3 is 9.64 Å². The highest BCUT2D eigenvalue weighted by Crippen LogP contribution is 2.19. The first-order chi connectivity index (χ1) is 12.8. The van der Waals surface area contributed by atoms with Gasteiger partial charge in [0.05, 0.1) is 6.61 Å². The summed E-state index contributed by atoms with van der Waals surface area (Å²) in [6.07, 6.45) is 4.68. The van der Waals surface area contributed by atoms with E-state index in [2.05, 4.69) is 36.4 Å². The Hall–Kier alpha value is -2.13. The molecule has 1 heterocycles. The molecule has 2 aromatic carbocycles. The lowest BCUT2D eigenvalue weighted by Gasteiger charge is -2.32. The fourth-order valence-electron chi connectivity index (χ4n) is 3.51. The van der Waals surface area contributed by atoms with Crippen molar-refractivity contribution in [2.45, 2.75) is 38.7 Å². The zero-order chi connectivity index (χ0) is 18.0. The van der Waals surface area contributed by atoms with Crippen molar-refractivity contribution in [1.29, 1.82) is 0 Å². The zero-order valence-corrected chi connectivity index (χ0v) is 15.5. The topological polar surface area (TPSA) is 29.5 Å². The summed E-state index contributed by atoms with van der Waals surface area (Å²) in [5, 5.41) is 0. The molecule has 1 saturated heterocycles. The third-order valence-corrected chi connectivity index (χ3v) is 5.13. The molecular weight excluding hydrogens is 322 g/mol. The third-order valence-electron chi connectivity index (χ3n) is 5.13. The van der Waals surface area contributed by atoms with Crippen LogP contribution in [0.5, 0.6) is 0 Å². The highest BCUT2D eigenvalue weighted by molar-refractivity contribution is 5.76. The Morgan fingerprint density at radius 1 is 0.923 bits per heavy atom. The van der Waals surface area contributed by atoms with Crippen molar-refractivity contribution >= 4 is 5.91 Å². The Labute approximate surface area is 157 Å². The van der Waals surface area contributed by atoms with Crippen LogP contribution in [0.25, 0.3) is 0 Å². The van der Waals surface area contributed by atoms with Crippen LogP contribution in [0.1, 0.15) is 36.8 Å². The van der Waals surface area contributed by atoms with E-state index in [1.165, 1.54) is 11.1 Å². The number of piperidine rings is 1. The van der Waals surface area contributed by atoms with E-state index in [1.807, 2.05) is 29.2 Å². The number of nitrogens with zero attached hydrogens (tertiary/aromatic N) is 1. The molecule has 1 fully saturated rings. The van der Waals surface area contributed by atoms with Crippen molar-refractivity contribution in [3.05, 3.63) is 71.8 Å². The average molecular weight is 351 g/mol. The Morgan fingerprint density at radius 2 is 1.54 bits per heavy atom. The zero-order valence-electron chi connectivity index (χ0n) is 15.5. The normalized spacial score (nSPS) is 15.2. The number of carbonyl (C=O) groups is 1. The predicted octanol–water partition coefficient (Wildman–Crippen LogP) is 4.46. The molecule has 3 nitrogen and oxygen atoms in total. The standard InChI is InChI=1S/C23H29NO2/c25-23(13-7-12-20-8-3-1-4-9-20)24-16-14-22(15-17-24)19-26-18-21-10-5-2-6-11-21/h1-6,8-11,22H,7,12-19H2. The molecule has 0 aliphatic carbocycles. The van der Waals surface area contributed by atoms with Crippen molar-refractivity contribution < 1.29 is 9.53 Å². The molecular formula is C23H29NO2. The van der Waals surface area contributed by atoms with Crippen LogP contribution in [0.4, 0.5) is 0 Å². The summed E-state index contributed by atoms with van der Waals surface area (Å²) in [7, 11) is 0. The number of hydrogen-bond acceptors (Lipinski definition) is 2. The minimum atomic E-state index is 0.310. The molecule has 0 unspecified atom stereocenters. The lowest BCUT2D eigenvalue weighted by atomic mass is 9.97. The van der Waals surface area contributed by atoms with Gasteiger partial charge in [0.25, 0.3) is 0 Å². The molecule has 1 amide bonds. The molecule has 1 aliphatic rings. The van der Waals surface area contributed by atoms with Gasteiger partial charge >= 0.3 is 0 Å². The third kappa shape index (κ3) is 5.99. The first kappa shape index (κ1) is 18.7. The van der Waals surface area contributed by atoms with E-state index in [4.69, 9.17) is 4.74 Å². The molecule has 138 valence electrons. The SMILES string of the molecule is O=C(CCCc1ccccc1)N1CCC(COCc2ccccc2)CC1. The second kappa shape index (κ2) is 10.1. The molecule has 0 atom stereocenters. The van der Waals surface area contributed by atoms with Crippen molar-refractivity contribution in [2.75, 3.05) is 19.7 Å². The molecule has 0 radical (unpaired) electrons. The van der Waals surface area contributed by atoms with E-state index in [0.29, 0.717) is 24.9 Å². The molecule has 1 aliphatic heterocycles. The monoisotopic (exact) mass is 351 g/mol. The molecule has 3 rings (SSSR count). The molecule has 26 heavy (non-hydrogen) atoms. The Kier molecular flexibility index (Phi) is 7.26. The van der Waals surface area contributed by atoms with E-state index >= 15 is 0 Å². The van der Waals surface area contributed by atoms with Gasteiger partial charge in [0.15, 0.2) is 0 Å². The second-order valence-corrected chi connectivity index (χ2v) is 7.16. The van der Waals surface area contributed by atoms with Crippen LogP contribution in [-0.4, -0.2) is 30.5 Å². The predicted molar refractivity (Wildman–Crippen MR) is 105 cm³/mol. The molecule has 0 bridgehead atoms. The van der Waals surface area contributed by atoms with E-state index in [1.54, 1.807) is 0 Å². The minimum Gasteiger partial charge on any atom is -0.376 e. The largest absolute Gasteiger partial charge is 0.376 e. The summed E-state index contributed by atoms with van der Waals surface area (Å²) in [5.74, 6) is 0.886. The van der Waals surface area contributed by atoms with Gasteiger partial charge in [0.2, 0.25) is 5.91 Å². The number of aryl methyl sites for hydroxylation is 1. The summed E-state index contributed by atoms with van der Waals surface area (Å²) in [5.41, 5.74) is 2.54. The average Bonchev–Trinajstić information content (AvgIpc) is 2.70. The first-order valence-corrected chi connectivity index (χ1v) is 9.74. The van der Waals surface area contributed by atoms with Crippen molar-refractivity contribution in [1.82, 2.24) is 4.90 Å². The highest BCUT2D eigenvalue weighted by Gasteiger charge is 2.22. The van der Waals surface area contributed by atoms with Gasteiger partial charge in [0.1, 0.15) is 0 Å². The van der Waals surface area contributed by atoms with E-state index in [0.717, 1.165) is 45.4 Å². The number of carbonyl (C=O) groups excluding carboxylic acids is 1. The summed E-state index contributed by atoms with van der Waals surface area (Å²) in [6, 6.07) is 20.7. The fourth-order valence-corrected chi connectivity index (χ4v) is 3.51. The van der Waals surface area contributed by atoms with Gasteiger partial charge in [0, 0.05) is 26.1 Å². The molecule has 0 saturated carbocycles. The first-order valence-electron chi connectivity index (χ1n) is 9.74. The number of amides is 1. The maximum atomic E-state index is 12.4. The van der Waals surface area contributed by atoms with Gasteiger partial charge in [-0.3, -0.25) is 4.79 Å². The number of hydrogen-bond donors (Lipinski definition) is 0. The van der Waals surface area contributed by atoms with Gasteiger partial charge in [-0.05, 0) is 42.7 Å². The van der Waals surface area contributed by atoms with Gasteiger partial charge in [-0.2, -0.15) is 0 Å². The highest BCUT2D eigenvalue weighted by atomic mass is 16.5. The fraction of sp³-hybridized carbons (Fsp3) is 0.435. The number of benzene rings is 2. The summed E-state index contributed by atoms with van der Waals surface area (Å²) >= 11 is 0. The van der Waals surface area contributed by atoms with Crippen molar-refractivity contribution in [3.63, 3.8) is 0 Å². The number of likely N-dealkylation sites (tertiary alicyclic amines) is 1. The maximum absolute atomic E-state index is 12.4. The quantitative estimate of drug-likeness (QED) is 0.702. The molecule has 0 N–H and O–H groups in total. The molecule has 0 aromatic heterocycles. The smallest absolute Gasteiger partial charge is 0.222 e. The number of ether oxygens (including phenoxy) is 1. The van der Waals surface area contributed by atoms with Crippen LogP contribution >= 0.6 is 0 Å². The van der Waals surface area contributed by atoms with E-state index in [-0.39, 0.29) is 0 Å². The van der Waals surface area contributed by atoms with Crippen LogP contribution in [0, 0.1) is 5.92 Å². The van der Waals surface area contributed by atoms with Crippen LogP contribution < -0.4 is 0 Å². The van der Waals surface area contributed by atoms with Crippen molar-refractivity contribution in [3.8, 4) is 0 Å². The van der Waals surface area contributed by atoms with Gasteiger partial charge in [-0.25, -0.2) is 0 Å². The summed E-state index contributed by atoms with van der Waals surface area (Å²) in [4.78, 5) is 14.4. The Bertz CT molecular complexity index is 648. The van der Waals surface area contributed by atoms with Crippen LogP contribution in [-0.2, 0) is 22.6 Å². The van der Waals surface area contributed by atoms with Crippen molar-refractivity contribution in [2.24, 2.45) is 5.92 Å². The maximum Gasteiger partial charge on any atom is 0.222 e. The van der Waals surface area contributed by atoms with E-state index in [9.17, 15) is 4.79 Å².